The van der Waals surface area contributed by atoms with Gasteiger partial charge in [0.2, 0.25) is 11.7 Å². The molecule has 7 nitrogen and oxygen atoms in total. The fourth-order valence-corrected chi connectivity index (χ4v) is 3.63. The standard InChI is InChI=1S/C23H25N3O4/c24-21(28)20(27)19(15-16-7-3-1-4-8-16)25-22(29)17-11-13-26(14-12-17)23(30)18-9-5-2-6-10-18/h1-10,17,19H,11-15H2,(H2,24,28)(H,25,29). The number of carbonyl (C=O) groups excluding carboxylic acids is 4. The number of hydrogen-bond donors (Lipinski definition) is 2. The molecule has 3 rings (SSSR count). The number of carbonyl (C=O) groups is 4. The number of hydrogen-bond acceptors (Lipinski definition) is 4. The quantitative estimate of drug-likeness (QED) is 0.675. The molecule has 1 aliphatic rings. The summed E-state index contributed by atoms with van der Waals surface area (Å²) in [7, 11) is 0. The van der Waals surface area contributed by atoms with Crippen LogP contribution >= 0.6 is 0 Å². The molecular weight excluding hydrogens is 382 g/mol. The van der Waals surface area contributed by atoms with Crippen molar-refractivity contribution in [2.75, 3.05) is 13.1 Å². The summed E-state index contributed by atoms with van der Waals surface area (Å²) < 4.78 is 0. The number of likely N-dealkylation sites (tertiary alicyclic amines) is 1. The third-order valence-electron chi connectivity index (χ3n) is 5.33. The van der Waals surface area contributed by atoms with Gasteiger partial charge in [-0.3, -0.25) is 19.2 Å². The van der Waals surface area contributed by atoms with Crippen LogP contribution < -0.4 is 11.1 Å². The van der Waals surface area contributed by atoms with E-state index in [1.807, 2.05) is 48.5 Å². The third kappa shape index (κ3) is 5.31. The second-order valence-corrected chi connectivity index (χ2v) is 7.41. The summed E-state index contributed by atoms with van der Waals surface area (Å²) in [6.07, 6.45) is 1.18. The van der Waals surface area contributed by atoms with Crippen LogP contribution in [0, 0.1) is 5.92 Å². The van der Waals surface area contributed by atoms with Crippen LogP contribution in [0.4, 0.5) is 0 Å². The number of Topliss-reactive ketones (excluding diaryl/α,β-unsaturated/α-hetero) is 1. The molecule has 0 saturated carbocycles. The molecule has 2 aromatic carbocycles. The van der Waals surface area contributed by atoms with Gasteiger partial charge in [-0.25, -0.2) is 0 Å². The van der Waals surface area contributed by atoms with Crippen molar-refractivity contribution in [1.82, 2.24) is 10.2 Å². The average Bonchev–Trinajstić information content (AvgIpc) is 2.79. The van der Waals surface area contributed by atoms with E-state index < -0.39 is 17.7 Å². The first-order valence-electron chi connectivity index (χ1n) is 9.98. The molecule has 0 bridgehead atoms. The number of amides is 3. The minimum Gasteiger partial charge on any atom is -0.363 e. The zero-order chi connectivity index (χ0) is 21.5. The predicted octanol–water partition coefficient (Wildman–Crippen LogP) is 1.32. The molecule has 0 aromatic heterocycles. The highest BCUT2D eigenvalue weighted by Crippen LogP contribution is 2.20. The molecule has 0 spiro atoms. The molecule has 2 aromatic rings. The lowest BCUT2D eigenvalue weighted by Crippen LogP contribution is -2.50. The van der Waals surface area contributed by atoms with Gasteiger partial charge in [0.15, 0.2) is 0 Å². The lowest BCUT2D eigenvalue weighted by molar-refractivity contribution is -0.139. The first-order chi connectivity index (χ1) is 14.5. The smallest absolute Gasteiger partial charge is 0.287 e. The van der Waals surface area contributed by atoms with E-state index in [4.69, 9.17) is 5.73 Å². The molecule has 1 atom stereocenters. The SMILES string of the molecule is NC(=O)C(=O)C(Cc1ccccc1)NC(=O)C1CCN(C(=O)c2ccccc2)CC1. The number of nitrogens with zero attached hydrogens (tertiary/aromatic N) is 1. The van der Waals surface area contributed by atoms with Crippen molar-refractivity contribution in [3.8, 4) is 0 Å². The molecule has 1 aliphatic heterocycles. The highest BCUT2D eigenvalue weighted by molar-refractivity contribution is 6.37. The summed E-state index contributed by atoms with van der Waals surface area (Å²) in [5.74, 6) is -2.56. The first kappa shape index (κ1) is 21.2. The summed E-state index contributed by atoms with van der Waals surface area (Å²) in [6.45, 7) is 0.915. The minimum absolute atomic E-state index is 0.0553. The number of piperidine rings is 1. The Bertz CT molecular complexity index is 907. The molecule has 0 aliphatic carbocycles. The van der Waals surface area contributed by atoms with Crippen molar-refractivity contribution in [3.05, 3.63) is 71.8 Å². The van der Waals surface area contributed by atoms with E-state index in [1.54, 1.807) is 17.0 Å². The van der Waals surface area contributed by atoms with E-state index in [9.17, 15) is 19.2 Å². The maximum Gasteiger partial charge on any atom is 0.287 e. The van der Waals surface area contributed by atoms with Crippen LogP contribution in [0.15, 0.2) is 60.7 Å². The highest BCUT2D eigenvalue weighted by Gasteiger charge is 2.31. The zero-order valence-corrected chi connectivity index (χ0v) is 16.6. The van der Waals surface area contributed by atoms with Crippen molar-refractivity contribution < 1.29 is 19.2 Å². The number of nitrogens with two attached hydrogens (primary N) is 1. The topological polar surface area (TPSA) is 110 Å². The van der Waals surface area contributed by atoms with Crippen molar-refractivity contribution in [2.24, 2.45) is 11.7 Å². The second kappa shape index (κ2) is 9.82. The molecule has 3 amide bonds. The van der Waals surface area contributed by atoms with E-state index >= 15 is 0 Å². The normalized spacial score (nSPS) is 15.3. The minimum atomic E-state index is -1.07. The van der Waals surface area contributed by atoms with Gasteiger partial charge in [-0.05, 0) is 30.5 Å². The molecule has 0 radical (unpaired) electrons. The summed E-state index contributed by atoms with van der Waals surface area (Å²) >= 11 is 0. The van der Waals surface area contributed by atoms with Gasteiger partial charge in [0.1, 0.15) is 6.04 Å². The second-order valence-electron chi connectivity index (χ2n) is 7.41. The van der Waals surface area contributed by atoms with E-state index in [0.717, 1.165) is 5.56 Å². The van der Waals surface area contributed by atoms with Crippen molar-refractivity contribution in [2.45, 2.75) is 25.3 Å². The van der Waals surface area contributed by atoms with Crippen LogP contribution in [0.25, 0.3) is 0 Å². The average molecular weight is 407 g/mol. The number of benzene rings is 2. The Labute approximate surface area is 175 Å². The fraction of sp³-hybridized carbons (Fsp3) is 0.304. The molecular formula is C23H25N3O4. The number of ketones is 1. The summed E-state index contributed by atoms with van der Waals surface area (Å²) in [5, 5.41) is 2.70. The lowest BCUT2D eigenvalue weighted by atomic mass is 9.94. The Morgan fingerprint density at radius 1 is 0.933 bits per heavy atom. The molecule has 1 unspecified atom stereocenters. The predicted molar refractivity (Wildman–Crippen MR) is 111 cm³/mol. The maximum absolute atomic E-state index is 12.8. The summed E-state index contributed by atoms with van der Waals surface area (Å²) in [6, 6.07) is 17.2. The third-order valence-corrected chi connectivity index (χ3v) is 5.33. The van der Waals surface area contributed by atoms with Crippen LogP contribution in [-0.2, 0) is 20.8 Å². The van der Waals surface area contributed by atoms with Gasteiger partial charge in [-0.2, -0.15) is 0 Å². The molecule has 156 valence electrons. The van der Waals surface area contributed by atoms with Gasteiger partial charge >= 0.3 is 0 Å². The molecule has 30 heavy (non-hydrogen) atoms. The van der Waals surface area contributed by atoms with Crippen LogP contribution in [0.2, 0.25) is 0 Å². The van der Waals surface area contributed by atoms with Gasteiger partial charge in [-0.15, -0.1) is 0 Å². The Hall–Kier alpha value is -3.48. The van der Waals surface area contributed by atoms with Gasteiger partial charge in [0.05, 0.1) is 0 Å². The van der Waals surface area contributed by atoms with Gasteiger partial charge in [0, 0.05) is 31.0 Å². The Morgan fingerprint density at radius 3 is 2.07 bits per heavy atom. The van der Waals surface area contributed by atoms with Gasteiger partial charge in [0.25, 0.3) is 11.8 Å². The Balaban J connectivity index is 1.59. The Kier molecular flexibility index (Phi) is 6.95. The highest BCUT2D eigenvalue weighted by atomic mass is 16.2. The number of rotatable bonds is 7. The van der Waals surface area contributed by atoms with Crippen molar-refractivity contribution in [3.63, 3.8) is 0 Å². The summed E-state index contributed by atoms with van der Waals surface area (Å²) in [4.78, 5) is 50.7. The molecule has 1 heterocycles. The lowest BCUT2D eigenvalue weighted by Gasteiger charge is -2.32. The first-order valence-corrected chi connectivity index (χ1v) is 9.98. The van der Waals surface area contributed by atoms with Crippen molar-refractivity contribution >= 4 is 23.5 Å². The van der Waals surface area contributed by atoms with E-state index in [1.165, 1.54) is 0 Å². The molecule has 7 heteroatoms. The number of nitrogens with one attached hydrogen (secondary N) is 1. The van der Waals surface area contributed by atoms with Crippen LogP contribution in [0.5, 0.6) is 0 Å². The van der Waals surface area contributed by atoms with Crippen LogP contribution in [0.1, 0.15) is 28.8 Å². The van der Waals surface area contributed by atoms with Gasteiger partial charge < -0.3 is 16.0 Å². The monoisotopic (exact) mass is 407 g/mol. The zero-order valence-electron chi connectivity index (χ0n) is 16.6. The fourth-order valence-electron chi connectivity index (χ4n) is 3.63. The van der Waals surface area contributed by atoms with E-state index in [0.29, 0.717) is 31.5 Å². The maximum atomic E-state index is 12.8. The molecule has 1 fully saturated rings. The number of primary amides is 1. The molecule has 1 saturated heterocycles. The largest absolute Gasteiger partial charge is 0.363 e. The van der Waals surface area contributed by atoms with Gasteiger partial charge in [-0.1, -0.05) is 48.5 Å². The molecule has 3 N–H and O–H groups in total. The van der Waals surface area contributed by atoms with E-state index in [2.05, 4.69) is 5.32 Å². The van der Waals surface area contributed by atoms with Crippen molar-refractivity contribution in [1.29, 1.82) is 0 Å². The van der Waals surface area contributed by atoms with Crippen LogP contribution in [0.3, 0.4) is 0 Å². The summed E-state index contributed by atoms with van der Waals surface area (Å²) in [5.41, 5.74) is 6.61. The van der Waals surface area contributed by atoms with E-state index in [-0.39, 0.29) is 24.2 Å². The Morgan fingerprint density at radius 2 is 1.50 bits per heavy atom. The van der Waals surface area contributed by atoms with Crippen LogP contribution in [-0.4, -0.2) is 47.5 Å².